The smallest absolute Gasteiger partial charge is 0.250 e. The van der Waals surface area contributed by atoms with Crippen LogP contribution in [-0.2, 0) is 24.7 Å². The Balaban J connectivity index is 1.65. The van der Waals surface area contributed by atoms with E-state index < -0.39 is 29.3 Å². The van der Waals surface area contributed by atoms with E-state index >= 15 is 0 Å². The maximum atomic E-state index is 13.8. The number of imide groups is 1. The largest absolute Gasteiger partial charge is 0.370 e. The van der Waals surface area contributed by atoms with Crippen molar-refractivity contribution < 1.29 is 19.2 Å². The maximum Gasteiger partial charge on any atom is 0.250 e. The van der Waals surface area contributed by atoms with E-state index in [2.05, 4.69) is 10.6 Å². The fraction of sp³-hybridized carbons (Fsp3) is 0.565. The van der Waals surface area contributed by atoms with Crippen LogP contribution in [0.25, 0.3) is 0 Å². The molecule has 1 saturated carbocycles. The van der Waals surface area contributed by atoms with E-state index in [9.17, 15) is 19.2 Å². The molecule has 0 radical (unpaired) electrons. The van der Waals surface area contributed by atoms with Gasteiger partial charge in [-0.05, 0) is 37.8 Å². The third-order valence-electron chi connectivity index (χ3n) is 7.82. The number of hydrogen-bond donors (Lipinski definition) is 3. The molecule has 8 heteroatoms. The fourth-order valence-electron chi connectivity index (χ4n) is 6.23. The zero-order chi connectivity index (χ0) is 22.1. The molecule has 3 fully saturated rings. The van der Waals surface area contributed by atoms with Crippen LogP contribution in [0.1, 0.15) is 55.2 Å². The lowest BCUT2D eigenvalue weighted by Crippen LogP contribution is -2.54. The molecule has 0 unspecified atom stereocenters. The molecule has 2 saturated heterocycles. The predicted molar refractivity (Wildman–Crippen MR) is 113 cm³/mol. The van der Waals surface area contributed by atoms with Crippen molar-refractivity contribution in [1.82, 2.24) is 10.2 Å². The van der Waals surface area contributed by atoms with Gasteiger partial charge in [-0.3, -0.25) is 29.4 Å². The number of nitrogens with zero attached hydrogens (tertiary/aromatic N) is 1. The lowest BCUT2D eigenvalue weighted by molar-refractivity contribution is -0.146. The first kappa shape index (κ1) is 20.2. The molecular formula is C23H28N4O4. The summed E-state index contributed by atoms with van der Waals surface area (Å²) in [6.07, 6.45) is 4.54. The average Bonchev–Trinajstić information content (AvgIpc) is 3.30. The predicted octanol–water partition coefficient (Wildman–Crippen LogP) is 1.23. The normalized spacial score (nSPS) is 32.5. The zero-order valence-electron chi connectivity index (χ0n) is 17.9. The first-order valence-corrected chi connectivity index (χ1v) is 11.1. The van der Waals surface area contributed by atoms with Crippen molar-refractivity contribution >= 4 is 29.3 Å². The Morgan fingerprint density at radius 3 is 2.52 bits per heavy atom. The van der Waals surface area contributed by atoms with Crippen molar-refractivity contribution in [2.24, 2.45) is 17.6 Å². The zero-order valence-corrected chi connectivity index (χ0v) is 17.9. The average molecular weight is 425 g/mol. The second-order valence-corrected chi connectivity index (χ2v) is 9.46. The van der Waals surface area contributed by atoms with Crippen molar-refractivity contribution in [3.8, 4) is 0 Å². The first-order valence-electron chi connectivity index (χ1n) is 11.1. The van der Waals surface area contributed by atoms with E-state index in [1.165, 1.54) is 4.90 Å². The monoisotopic (exact) mass is 424 g/mol. The third kappa shape index (κ3) is 2.63. The summed E-state index contributed by atoms with van der Waals surface area (Å²) in [6.45, 7) is 3.89. The van der Waals surface area contributed by atoms with Gasteiger partial charge in [-0.25, -0.2) is 0 Å². The standard InChI is InChI=1S/C23H28N4O4/c1-11-8-9-14-19(12(11)2)25-22(31)23(14)18-17(15(26-23)10-16(24)28)20(29)27(21(18)30)13-6-4-3-5-7-13/h8-9,13,15,17-18,26H,3-7,10H2,1-2H3,(H2,24,28)(H,25,31)/t15-,17-,18+,23-/m1/s1. The van der Waals surface area contributed by atoms with Crippen molar-refractivity contribution in [2.45, 2.75) is 70.0 Å². The van der Waals surface area contributed by atoms with Gasteiger partial charge < -0.3 is 11.1 Å². The van der Waals surface area contributed by atoms with E-state index in [-0.39, 0.29) is 30.2 Å². The minimum absolute atomic E-state index is 0.103. The summed E-state index contributed by atoms with van der Waals surface area (Å²) in [7, 11) is 0. The molecule has 0 aromatic heterocycles. The Bertz CT molecular complexity index is 1020. The highest BCUT2D eigenvalue weighted by molar-refractivity contribution is 6.15. The Hall–Kier alpha value is -2.74. The van der Waals surface area contributed by atoms with Gasteiger partial charge in [0.05, 0.1) is 11.8 Å². The molecule has 4 atom stereocenters. The van der Waals surface area contributed by atoms with Crippen molar-refractivity contribution in [2.75, 3.05) is 5.32 Å². The maximum absolute atomic E-state index is 13.8. The molecule has 1 spiro atoms. The number of fused-ring (bicyclic) bond motifs is 4. The minimum atomic E-state index is -1.37. The summed E-state index contributed by atoms with van der Waals surface area (Å²) in [5.74, 6) is -3.15. The molecule has 164 valence electrons. The number of carbonyl (C=O) groups is 4. The fourth-order valence-corrected chi connectivity index (χ4v) is 6.23. The Morgan fingerprint density at radius 1 is 1.13 bits per heavy atom. The summed E-state index contributed by atoms with van der Waals surface area (Å²) in [5, 5.41) is 6.21. The van der Waals surface area contributed by atoms with Gasteiger partial charge in [0.25, 0.3) is 0 Å². The lowest BCUT2D eigenvalue weighted by Gasteiger charge is -2.33. The number of primary amides is 1. The number of nitrogens with one attached hydrogen (secondary N) is 2. The number of benzene rings is 1. The molecule has 3 heterocycles. The van der Waals surface area contributed by atoms with Gasteiger partial charge in [-0.15, -0.1) is 0 Å². The van der Waals surface area contributed by atoms with Gasteiger partial charge in [0.1, 0.15) is 5.54 Å². The molecule has 0 bridgehead atoms. The summed E-state index contributed by atoms with van der Waals surface area (Å²) >= 11 is 0. The van der Waals surface area contributed by atoms with E-state index in [0.29, 0.717) is 11.3 Å². The number of nitrogens with two attached hydrogens (primary N) is 1. The van der Waals surface area contributed by atoms with Gasteiger partial charge in [-0.1, -0.05) is 31.4 Å². The number of carbonyl (C=O) groups excluding carboxylic acids is 4. The Labute approximate surface area is 180 Å². The van der Waals surface area contributed by atoms with E-state index in [1.807, 2.05) is 26.0 Å². The van der Waals surface area contributed by atoms with Crippen molar-refractivity contribution in [1.29, 1.82) is 0 Å². The summed E-state index contributed by atoms with van der Waals surface area (Å²) in [6, 6.07) is 2.99. The third-order valence-corrected chi connectivity index (χ3v) is 7.82. The summed E-state index contributed by atoms with van der Waals surface area (Å²) < 4.78 is 0. The minimum Gasteiger partial charge on any atom is -0.370 e. The molecule has 1 aliphatic carbocycles. The number of aryl methyl sites for hydroxylation is 1. The SMILES string of the molecule is Cc1ccc2c(c1C)NC(=O)[C@@]21N[C@H](CC(N)=O)[C@H]2C(=O)N(C3CCCCC3)C(=O)[C@H]21. The molecule has 4 aliphatic rings. The van der Waals surface area contributed by atoms with Crippen LogP contribution in [0, 0.1) is 25.7 Å². The quantitative estimate of drug-likeness (QED) is 0.630. The topological polar surface area (TPSA) is 122 Å². The molecule has 8 nitrogen and oxygen atoms in total. The van der Waals surface area contributed by atoms with E-state index in [1.54, 1.807) is 0 Å². The van der Waals surface area contributed by atoms with Crippen LogP contribution >= 0.6 is 0 Å². The molecule has 3 aliphatic heterocycles. The highest BCUT2D eigenvalue weighted by Gasteiger charge is 2.71. The van der Waals surface area contributed by atoms with E-state index in [4.69, 9.17) is 5.73 Å². The number of anilines is 1. The van der Waals surface area contributed by atoms with Crippen LogP contribution in [0.2, 0.25) is 0 Å². The lowest BCUT2D eigenvalue weighted by atomic mass is 9.76. The van der Waals surface area contributed by atoms with E-state index in [0.717, 1.165) is 43.2 Å². The van der Waals surface area contributed by atoms with Gasteiger partial charge in [-0.2, -0.15) is 0 Å². The number of likely N-dealkylation sites (tertiary alicyclic amines) is 1. The highest BCUT2D eigenvalue weighted by Crippen LogP contribution is 2.54. The molecule has 1 aromatic carbocycles. The van der Waals surface area contributed by atoms with Gasteiger partial charge in [0.15, 0.2) is 0 Å². The van der Waals surface area contributed by atoms with Gasteiger partial charge in [0, 0.05) is 29.8 Å². The van der Waals surface area contributed by atoms with Crippen LogP contribution < -0.4 is 16.4 Å². The second-order valence-electron chi connectivity index (χ2n) is 9.46. The van der Waals surface area contributed by atoms with Crippen LogP contribution in [0.3, 0.4) is 0 Å². The van der Waals surface area contributed by atoms with Crippen LogP contribution in [0.15, 0.2) is 12.1 Å². The van der Waals surface area contributed by atoms with Crippen molar-refractivity contribution in [3.05, 3.63) is 28.8 Å². The molecule has 4 amide bonds. The van der Waals surface area contributed by atoms with Gasteiger partial charge in [0.2, 0.25) is 23.6 Å². The van der Waals surface area contributed by atoms with Crippen molar-refractivity contribution in [3.63, 3.8) is 0 Å². The molecular weight excluding hydrogens is 396 g/mol. The molecule has 5 rings (SSSR count). The number of hydrogen-bond acceptors (Lipinski definition) is 5. The molecule has 31 heavy (non-hydrogen) atoms. The number of amides is 4. The second kappa shape index (κ2) is 6.88. The summed E-state index contributed by atoms with van der Waals surface area (Å²) in [5.41, 5.74) is 7.44. The Kier molecular flexibility index (Phi) is 4.48. The van der Waals surface area contributed by atoms with Crippen LogP contribution in [0.4, 0.5) is 5.69 Å². The van der Waals surface area contributed by atoms with Gasteiger partial charge >= 0.3 is 0 Å². The summed E-state index contributed by atoms with van der Waals surface area (Å²) in [4.78, 5) is 54.0. The Morgan fingerprint density at radius 2 is 1.84 bits per heavy atom. The molecule has 1 aromatic rings. The first-order chi connectivity index (χ1) is 14.8. The number of rotatable bonds is 3. The van der Waals surface area contributed by atoms with Crippen LogP contribution in [-0.4, -0.2) is 40.6 Å². The highest BCUT2D eigenvalue weighted by atomic mass is 16.2. The molecule has 4 N–H and O–H groups in total. The van der Waals surface area contributed by atoms with Crippen LogP contribution in [0.5, 0.6) is 0 Å².